The Hall–Kier alpha value is -3.93. The van der Waals surface area contributed by atoms with Gasteiger partial charge >= 0.3 is 0 Å². The summed E-state index contributed by atoms with van der Waals surface area (Å²) >= 11 is 0. The van der Waals surface area contributed by atoms with Crippen LogP contribution in [-0.2, 0) is 0 Å². The number of carbonyl (C=O) groups excluding carboxylic acids is 1. The zero-order valence-electron chi connectivity index (χ0n) is 19.1. The van der Waals surface area contributed by atoms with Gasteiger partial charge in [-0.3, -0.25) is 4.79 Å². The van der Waals surface area contributed by atoms with Gasteiger partial charge < -0.3 is 9.80 Å². The van der Waals surface area contributed by atoms with Crippen molar-refractivity contribution in [2.75, 3.05) is 24.5 Å². The highest BCUT2D eigenvalue weighted by Gasteiger charge is 2.32. The predicted molar refractivity (Wildman–Crippen MR) is 126 cm³/mol. The fourth-order valence-electron chi connectivity index (χ4n) is 5.30. The van der Waals surface area contributed by atoms with Crippen LogP contribution in [0.3, 0.4) is 0 Å². The molecule has 0 unspecified atom stereocenters. The summed E-state index contributed by atoms with van der Waals surface area (Å²) in [7, 11) is 0. The number of fused-ring (bicyclic) bond motifs is 2. The van der Waals surface area contributed by atoms with Crippen molar-refractivity contribution < 1.29 is 4.79 Å². The van der Waals surface area contributed by atoms with Crippen LogP contribution in [-0.4, -0.2) is 54.7 Å². The standard InChI is InChI=1S/C25H26N8O/c1-17-15-32-23(28-24(17)30-12-9-18(14-26)16-30)13-20(29-32)21-6-2-3-11-31(21)25(34)22-7-4-5-19-8-10-27-33(19)22/h4-5,7-8,10,13,15,18,21H,2-3,6,9,11-12,16H2,1H3/t18-,21+/m1/s1. The van der Waals surface area contributed by atoms with E-state index in [9.17, 15) is 10.1 Å². The van der Waals surface area contributed by atoms with Crippen LogP contribution in [0.5, 0.6) is 0 Å². The highest BCUT2D eigenvalue weighted by molar-refractivity contribution is 5.93. The monoisotopic (exact) mass is 454 g/mol. The molecule has 0 aromatic carbocycles. The van der Waals surface area contributed by atoms with Gasteiger partial charge in [-0.25, -0.2) is 14.0 Å². The van der Waals surface area contributed by atoms with Crippen molar-refractivity contribution in [3.05, 3.63) is 59.7 Å². The summed E-state index contributed by atoms with van der Waals surface area (Å²) in [6, 6.07) is 11.9. The number of carbonyl (C=O) groups is 1. The molecule has 0 N–H and O–H groups in total. The number of anilines is 1. The average Bonchev–Trinajstić information content (AvgIpc) is 3.61. The second-order valence-electron chi connectivity index (χ2n) is 9.27. The minimum atomic E-state index is -0.104. The second kappa shape index (κ2) is 8.13. The number of nitrogens with zero attached hydrogens (tertiary/aromatic N) is 8. The molecule has 34 heavy (non-hydrogen) atoms. The van der Waals surface area contributed by atoms with Crippen LogP contribution < -0.4 is 4.90 Å². The lowest BCUT2D eigenvalue weighted by Gasteiger charge is -2.34. The van der Waals surface area contributed by atoms with Crippen molar-refractivity contribution in [2.24, 2.45) is 5.92 Å². The van der Waals surface area contributed by atoms with Crippen LogP contribution >= 0.6 is 0 Å². The maximum atomic E-state index is 13.6. The Labute approximate surface area is 197 Å². The lowest BCUT2D eigenvalue weighted by Crippen LogP contribution is -2.39. The van der Waals surface area contributed by atoms with Crippen LogP contribution in [0.4, 0.5) is 5.82 Å². The molecule has 1 amide bonds. The van der Waals surface area contributed by atoms with E-state index in [4.69, 9.17) is 10.1 Å². The number of pyridine rings is 1. The van der Waals surface area contributed by atoms with Gasteiger partial charge in [0, 0.05) is 37.5 Å². The normalized spacial score (nSPS) is 20.8. The SMILES string of the molecule is Cc1cn2nc([C@@H]3CCCCN3C(=O)c3cccc4ccnn34)cc2nc1N1CC[C@H](C#N)C1. The number of aryl methyl sites for hydroxylation is 1. The molecule has 172 valence electrons. The average molecular weight is 455 g/mol. The Bertz CT molecular complexity index is 1430. The van der Waals surface area contributed by atoms with Gasteiger partial charge in [-0.15, -0.1) is 0 Å². The zero-order valence-corrected chi connectivity index (χ0v) is 19.1. The first-order valence-corrected chi connectivity index (χ1v) is 11.9. The van der Waals surface area contributed by atoms with Gasteiger partial charge in [-0.1, -0.05) is 6.07 Å². The number of likely N-dealkylation sites (tertiary alicyclic amines) is 1. The maximum Gasteiger partial charge on any atom is 0.273 e. The molecule has 9 nitrogen and oxygen atoms in total. The van der Waals surface area contributed by atoms with Gasteiger partial charge in [-0.05, 0) is 50.8 Å². The van der Waals surface area contributed by atoms with Gasteiger partial charge in [0.1, 0.15) is 11.5 Å². The third-order valence-electron chi connectivity index (χ3n) is 7.04. The van der Waals surface area contributed by atoms with Gasteiger partial charge in [0.25, 0.3) is 5.91 Å². The molecule has 0 spiro atoms. The lowest BCUT2D eigenvalue weighted by molar-refractivity contribution is 0.0596. The third kappa shape index (κ3) is 3.37. The summed E-state index contributed by atoms with van der Waals surface area (Å²) in [6.45, 7) is 4.28. The van der Waals surface area contributed by atoms with Crippen molar-refractivity contribution in [3.8, 4) is 6.07 Å². The van der Waals surface area contributed by atoms with E-state index >= 15 is 0 Å². The first-order chi connectivity index (χ1) is 16.6. The Balaban J connectivity index is 1.34. The molecule has 2 saturated heterocycles. The van der Waals surface area contributed by atoms with Crippen molar-refractivity contribution in [1.29, 1.82) is 5.26 Å². The molecule has 4 aromatic rings. The van der Waals surface area contributed by atoms with Crippen LogP contribution in [0.1, 0.15) is 53.5 Å². The number of hydrogen-bond donors (Lipinski definition) is 0. The number of nitriles is 1. The highest BCUT2D eigenvalue weighted by Crippen LogP contribution is 2.33. The zero-order chi connectivity index (χ0) is 23.2. The molecule has 2 fully saturated rings. The minimum absolute atomic E-state index is 0.0273. The Morgan fingerprint density at radius 1 is 1.18 bits per heavy atom. The van der Waals surface area contributed by atoms with Gasteiger partial charge in [0.2, 0.25) is 0 Å². The molecule has 6 rings (SSSR count). The summed E-state index contributed by atoms with van der Waals surface area (Å²) < 4.78 is 3.52. The van der Waals surface area contributed by atoms with Gasteiger partial charge in [-0.2, -0.15) is 15.5 Å². The summed E-state index contributed by atoms with van der Waals surface area (Å²) in [6.07, 6.45) is 7.48. The Morgan fingerprint density at radius 2 is 2.09 bits per heavy atom. The van der Waals surface area contributed by atoms with E-state index < -0.39 is 0 Å². The Morgan fingerprint density at radius 3 is 2.94 bits per heavy atom. The molecule has 2 atom stereocenters. The largest absolute Gasteiger partial charge is 0.355 e. The number of aromatic nitrogens is 5. The summed E-state index contributed by atoms with van der Waals surface area (Å²) in [5, 5.41) is 18.5. The molecule has 0 radical (unpaired) electrons. The Kier molecular flexibility index (Phi) is 4.94. The molecule has 6 heterocycles. The van der Waals surface area contributed by atoms with E-state index in [1.165, 1.54) is 0 Å². The first kappa shape index (κ1) is 20.7. The maximum absolute atomic E-state index is 13.6. The van der Waals surface area contributed by atoms with Crippen molar-refractivity contribution in [2.45, 2.75) is 38.6 Å². The van der Waals surface area contributed by atoms with E-state index in [1.807, 2.05) is 52.9 Å². The van der Waals surface area contributed by atoms with Crippen molar-refractivity contribution >= 4 is 22.9 Å². The van der Waals surface area contributed by atoms with E-state index in [-0.39, 0.29) is 17.9 Å². The van der Waals surface area contributed by atoms with E-state index in [2.05, 4.69) is 16.1 Å². The van der Waals surface area contributed by atoms with E-state index in [0.29, 0.717) is 18.8 Å². The van der Waals surface area contributed by atoms with Crippen LogP contribution in [0.15, 0.2) is 42.7 Å². The topological polar surface area (TPSA) is 94.8 Å². The number of amides is 1. The molecule has 2 aliphatic heterocycles. The highest BCUT2D eigenvalue weighted by atomic mass is 16.2. The lowest BCUT2D eigenvalue weighted by atomic mass is 9.99. The van der Waals surface area contributed by atoms with E-state index in [0.717, 1.165) is 60.5 Å². The van der Waals surface area contributed by atoms with Crippen LogP contribution in [0.25, 0.3) is 11.2 Å². The molecule has 0 bridgehead atoms. The molecule has 2 aliphatic rings. The first-order valence-electron chi connectivity index (χ1n) is 11.9. The molecule has 0 saturated carbocycles. The molecular formula is C25H26N8O. The third-order valence-corrected chi connectivity index (χ3v) is 7.04. The van der Waals surface area contributed by atoms with Crippen LogP contribution in [0.2, 0.25) is 0 Å². The van der Waals surface area contributed by atoms with Gasteiger partial charge in [0.05, 0.1) is 35.4 Å². The quantitative estimate of drug-likeness (QED) is 0.471. The molecular weight excluding hydrogens is 428 g/mol. The van der Waals surface area contributed by atoms with Crippen LogP contribution in [0, 0.1) is 24.2 Å². The molecule has 4 aromatic heterocycles. The molecule has 0 aliphatic carbocycles. The summed E-state index contributed by atoms with van der Waals surface area (Å²) in [5.41, 5.74) is 4.13. The van der Waals surface area contributed by atoms with E-state index in [1.54, 1.807) is 10.7 Å². The van der Waals surface area contributed by atoms with Crippen molar-refractivity contribution in [3.63, 3.8) is 0 Å². The summed E-state index contributed by atoms with van der Waals surface area (Å²) in [4.78, 5) is 22.7. The second-order valence-corrected chi connectivity index (χ2v) is 9.27. The predicted octanol–water partition coefficient (Wildman–Crippen LogP) is 3.40. The minimum Gasteiger partial charge on any atom is -0.355 e. The number of rotatable bonds is 3. The fourth-order valence-corrected chi connectivity index (χ4v) is 5.30. The smallest absolute Gasteiger partial charge is 0.273 e. The number of piperidine rings is 1. The van der Waals surface area contributed by atoms with Crippen molar-refractivity contribution in [1.82, 2.24) is 29.1 Å². The van der Waals surface area contributed by atoms with Gasteiger partial charge in [0.15, 0.2) is 5.65 Å². The fraction of sp³-hybridized carbons (Fsp3) is 0.400. The molecule has 9 heteroatoms. The number of hydrogen-bond acceptors (Lipinski definition) is 6. The summed E-state index contributed by atoms with van der Waals surface area (Å²) in [5.74, 6) is 0.943.